The molecular formula is C25H23N5O2S. The molecule has 166 valence electrons. The van der Waals surface area contributed by atoms with Crippen molar-refractivity contribution < 1.29 is 9.53 Å². The Balaban J connectivity index is 1.30. The van der Waals surface area contributed by atoms with Crippen molar-refractivity contribution >= 4 is 17.7 Å². The van der Waals surface area contributed by atoms with Crippen molar-refractivity contribution in [2.75, 3.05) is 18.2 Å². The van der Waals surface area contributed by atoms with Gasteiger partial charge in [0.2, 0.25) is 11.1 Å². The van der Waals surface area contributed by atoms with Crippen molar-refractivity contribution in [3.63, 3.8) is 0 Å². The first-order chi connectivity index (χ1) is 16.2. The maximum Gasteiger partial charge on any atom is 0.231 e. The minimum atomic E-state index is -0.171. The van der Waals surface area contributed by atoms with Crippen molar-refractivity contribution in [3.05, 3.63) is 83.9 Å². The minimum absolute atomic E-state index is 0.101. The van der Waals surface area contributed by atoms with Crippen molar-refractivity contribution in [1.82, 2.24) is 20.2 Å². The first-order valence-corrected chi connectivity index (χ1v) is 11.7. The molecule has 0 saturated carbocycles. The Morgan fingerprint density at radius 1 is 0.970 bits per heavy atom. The second-order valence-electron chi connectivity index (χ2n) is 7.57. The second-order valence-corrected chi connectivity index (χ2v) is 8.51. The molecule has 1 heterocycles. The molecule has 1 aliphatic carbocycles. The van der Waals surface area contributed by atoms with Crippen LogP contribution in [0.15, 0.2) is 78.0 Å². The summed E-state index contributed by atoms with van der Waals surface area (Å²) in [4.78, 5) is 12.9. The standard InChI is InChI=1S/C25H23N5O2S/c1-2-32-21-14-8-7-13-20(21)24-28-29-25(30(24)26)33-15-22(31)27-23-18-11-5-3-9-16(18)17-10-4-6-12-19(17)23/h3-14,23H,2,15,26H2,1H3,(H,27,31). The number of nitrogens with one attached hydrogen (secondary N) is 1. The van der Waals surface area contributed by atoms with E-state index in [0.717, 1.165) is 27.8 Å². The average Bonchev–Trinajstić information content (AvgIpc) is 3.36. The van der Waals surface area contributed by atoms with Crippen LogP contribution in [-0.4, -0.2) is 33.1 Å². The number of carbonyl (C=O) groups is 1. The third-order valence-electron chi connectivity index (χ3n) is 5.56. The molecular weight excluding hydrogens is 434 g/mol. The van der Waals surface area contributed by atoms with Gasteiger partial charge in [0.25, 0.3) is 0 Å². The van der Waals surface area contributed by atoms with Gasteiger partial charge in [-0.3, -0.25) is 4.79 Å². The van der Waals surface area contributed by atoms with Gasteiger partial charge in [0.1, 0.15) is 5.75 Å². The molecule has 1 aliphatic rings. The number of amides is 1. The Labute approximate surface area is 196 Å². The fourth-order valence-corrected chi connectivity index (χ4v) is 4.80. The number of nitrogens with two attached hydrogens (primary N) is 1. The van der Waals surface area contributed by atoms with Crippen LogP contribution in [0.25, 0.3) is 22.5 Å². The largest absolute Gasteiger partial charge is 0.493 e. The van der Waals surface area contributed by atoms with E-state index < -0.39 is 0 Å². The maximum absolute atomic E-state index is 12.9. The Bertz CT molecular complexity index is 1270. The van der Waals surface area contributed by atoms with Crippen LogP contribution in [0.5, 0.6) is 5.75 Å². The number of benzene rings is 3. The zero-order valence-corrected chi connectivity index (χ0v) is 18.9. The highest BCUT2D eigenvalue weighted by Crippen LogP contribution is 2.43. The maximum atomic E-state index is 12.9. The number of carbonyl (C=O) groups excluding carboxylic acids is 1. The average molecular weight is 458 g/mol. The van der Waals surface area contributed by atoms with Gasteiger partial charge in [-0.2, -0.15) is 0 Å². The van der Waals surface area contributed by atoms with Crippen LogP contribution in [0.3, 0.4) is 0 Å². The van der Waals surface area contributed by atoms with Gasteiger partial charge in [-0.25, -0.2) is 4.68 Å². The number of para-hydroxylation sites is 1. The van der Waals surface area contributed by atoms with E-state index in [1.54, 1.807) is 0 Å². The van der Waals surface area contributed by atoms with Gasteiger partial charge >= 0.3 is 0 Å². The fourth-order valence-electron chi connectivity index (χ4n) is 4.14. The van der Waals surface area contributed by atoms with E-state index in [9.17, 15) is 4.79 Å². The Morgan fingerprint density at radius 2 is 1.58 bits per heavy atom. The van der Waals surface area contributed by atoms with E-state index >= 15 is 0 Å². The molecule has 0 bridgehead atoms. The fraction of sp³-hybridized carbons (Fsp3) is 0.160. The second kappa shape index (κ2) is 8.99. The molecule has 33 heavy (non-hydrogen) atoms. The SMILES string of the molecule is CCOc1ccccc1-c1nnc(SCC(=O)NC2c3ccccc3-c3ccccc32)n1N. The number of aromatic nitrogens is 3. The number of ether oxygens (including phenoxy) is 1. The summed E-state index contributed by atoms with van der Waals surface area (Å²) in [6.45, 7) is 2.45. The molecule has 1 aromatic heterocycles. The molecule has 0 saturated heterocycles. The normalized spacial score (nSPS) is 12.3. The third-order valence-corrected chi connectivity index (χ3v) is 6.51. The minimum Gasteiger partial charge on any atom is -0.493 e. The first-order valence-electron chi connectivity index (χ1n) is 10.7. The summed E-state index contributed by atoms with van der Waals surface area (Å²) in [5, 5.41) is 12.0. The smallest absolute Gasteiger partial charge is 0.231 e. The summed E-state index contributed by atoms with van der Waals surface area (Å²) in [7, 11) is 0. The van der Waals surface area contributed by atoms with Gasteiger partial charge < -0.3 is 15.9 Å². The number of rotatable bonds is 7. The molecule has 0 unspecified atom stereocenters. The molecule has 0 spiro atoms. The van der Waals surface area contributed by atoms with Gasteiger partial charge in [0, 0.05) is 0 Å². The van der Waals surface area contributed by atoms with E-state index in [1.807, 2.05) is 55.5 Å². The van der Waals surface area contributed by atoms with Gasteiger partial charge in [0.15, 0.2) is 5.82 Å². The van der Waals surface area contributed by atoms with Crippen molar-refractivity contribution in [1.29, 1.82) is 0 Å². The van der Waals surface area contributed by atoms with Crippen LogP contribution < -0.4 is 15.9 Å². The lowest BCUT2D eigenvalue weighted by atomic mass is 10.1. The third kappa shape index (κ3) is 3.93. The van der Waals surface area contributed by atoms with E-state index in [-0.39, 0.29) is 17.7 Å². The van der Waals surface area contributed by atoms with E-state index in [2.05, 4.69) is 39.8 Å². The zero-order chi connectivity index (χ0) is 22.8. The Morgan fingerprint density at radius 3 is 2.24 bits per heavy atom. The molecule has 3 aromatic carbocycles. The Kier molecular flexibility index (Phi) is 5.75. The topological polar surface area (TPSA) is 95.1 Å². The van der Waals surface area contributed by atoms with Crippen LogP contribution in [0.4, 0.5) is 0 Å². The number of hydrogen-bond donors (Lipinski definition) is 2. The zero-order valence-electron chi connectivity index (χ0n) is 18.1. The van der Waals surface area contributed by atoms with Crippen LogP contribution in [0.1, 0.15) is 24.1 Å². The highest BCUT2D eigenvalue weighted by atomic mass is 32.2. The summed E-state index contributed by atoms with van der Waals surface area (Å²) in [5.74, 6) is 7.50. The number of nitrogens with zero attached hydrogens (tertiary/aromatic N) is 3. The summed E-state index contributed by atoms with van der Waals surface area (Å²) >= 11 is 1.25. The van der Waals surface area contributed by atoms with Crippen LogP contribution in [-0.2, 0) is 4.79 Å². The molecule has 4 aromatic rings. The lowest BCUT2D eigenvalue weighted by Gasteiger charge is -2.15. The molecule has 1 amide bonds. The predicted octanol–water partition coefficient (Wildman–Crippen LogP) is 4.04. The number of hydrogen-bond acceptors (Lipinski definition) is 6. The van der Waals surface area contributed by atoms with Crippen LogP contribution >= 0.6 is 11.8 Å². The number of thioether (sulfide) groups is 1. The quantitative estimate of drug-likeness (QED) is 0.321. The number of fused-ring (bicyclic) bond motifs is 3. The molecule has 7 nitrogen and oxygen atoms in total. The summed E-state index contributed by atoms with van der Waals surface area (Å²) < 4.78 is 7.08. The first kappa shape index (κ1) is 21.1. The lowest BCUT2D eigenvalue weighted by molar-refractivity contribution is -0.119. The number of nitrogen functional groups attached to an aromatic ring is 1. The monoisotopic (exact) mass is 457 g/mol. The molecule has 8 heteroatoms. The molecule has 0 radical (unpaired) electrons. The van der Waals surface area contributed by atoms with Gasteiger partial charge in [-0.05, 0) is 41.3 Å². The van der Waals surface area contributed by atoms with Crippen molar-refractivity contribution in [2.45, 2.75) is 18.1 Å². The van der Waals surface area contributed by atoms with E-state index in [0.29, 0.717) is 23.3 Å². The van der Waals surface area contributed by atoms with Crippen molar-refractivity contribution in [3.8, 4) is 28.3 Å². The summed E-state index contributed by atoms with van der Waals surface area (Å²) in [6.07, 6.45) is 0. The molecule has 3 N–H and O–H groups in total. The van der Waals surface area contributed by atoms with Crippen LogP contribution in [0.2, 0.25) is 0 Å². The molecule has 0 fully saturated rings. The van der Waals surface area contributed by atoms with Gasteiger partial charge in [-0.1, -0.05) is 72.4 Å². The van der Waals surface area contributed by atoms with Crippen LogP contribution in [0, 0.1) is 0 Å². The highest BCUT2D eigenvalue weighted by Gasteiger charge is 2.29. The van der Waals surface area contributed by atoms with E-state index in [4.69, 9.17) is 10.6 Å². The molecule has 0 aliphatic heterocycles. The van der Waals surface area contributed by atoms with Crippen molar-refractivity contribution in [2.24, 2.45) is 0 Å². The molecule has 0 atom stereocenters. The molecule has 5 rings (SSSR count). The Hall–Kier alpha value is -3.78. The van der Waals surface area contributed by atoms with E-state index in [1.165, 1.54) is 16.4 Å². The van der Waals surface area contributed by atoms with Gasteiger partial charge in [-0.15, -0.1) is 10.2 Å². The lowest BCUT2D eigenvalue weighted by Crippen LogP contribution is -2.29. The predicted molar refractivity (Wildman–Crippen MR) is 129 cm³/mol. The summed E-state index contributed by atoms with van der Waals surface area (Å²) in [5.41, 5.74) is 5.28. The summed E-state index contributed by atoms with van der Waals surface area (Å²) in [6, 6.07) is 23.7. The highest BCUT2D eigenvalue weighted by molar-refractivity contribution is 7.99. The van der Waals surface area contributed by atoms with Gasteiger partial charge in [0.05, 0.1) is 24.0 Å².